The van der Waals surface area contributed by atoms with Crippen LogP contribution in [0.2, 0.25) is 0 Å². The summed E-state index contributed by atoms with van der Waals surface area (Å²) in [6, 6.07) is 33.2. The van der Waals surface area contributed by atoms with Crippen molar-refractivity contribution in [3.63, 3.8) is 0 Å². The van der Waals surface area contributed by atoms with E-state index in [1.54, 1.807) is 0 Å². The van der Waals surface area contributed by atoms with Gasteiger partial charge in [-0.15, -0.1) is 0 Å². The Morgan fingerprint density at radius 3 is 1.94 bits per heavy atom. The van der Waals surface area contributed by atoms with Gasteiger partial charge in [0.15, 0.2) is 0 Å². The number of para-hydroxylation sites is 1. The Hall–Kier alpha value is -4.80. The average molecular weight is 465 g/mol. The van der Waals surface area contributed by atoms with E-state index in [2.05, 4.69) is 83.7 Å². The lowest BCUT2D eigenvalue weighted by atomic mass is 10.0. The molecule has 172 valence electrons. The smallest absolute Gasteiger partial charge is 0.0992 e. The molecule has 0 aliphatic heterocycles. The molecule has 2 aromatic heterocycles. The van der Waals surface area contributed by atoms with Crippen LogP contribution < -0.4 is 0 Å². The third kappa shape index (κ3) is 3.05. The van der Waals surface area contributed by atoms with Crippen LogP contribution in [0.15, 0.2) is 84.9 Å². The summed E-state index contributed by atoms with van der Waals surface area (Å²) in [5, 5.41) is 22.7. The Kier molecular flexibility index (Phi) is 5.10. The summed E-state index contributed by atoms with van der Waals surface area (Å²) in [5.41, 5.74) is 9.25. The lowest BCUT2D eigenvalue weighted by Crippen LogP contribution is -2.01. The van der Waals surface area contributed by atoms with E-state index in [1.807, 2.05) is 36.4 Å². The Labute approximate surface area is 209 Å². The Bertz CT molecular complexity index is 1890. The quantitative estimate of drug-likeness (QED) is 0.270. The summed E-state index contributed by atoms with van der Waals surface area (Å²) in [4.78, 5) is 0. The Morgan fingerprint density at radius 2 is 1.31 bits per heavy atom. The maximum atomic E-state index is 9.60. The molecule has 0 bridgehead atoms. The third-order valence-corrected chi connectivity index (χ3v) is 7.13. The number of benzene rings is 4. The molecule has 0 N–H and O–H groups in total. The van der Waals surface area contributed by atoms with E-state index in [9.17, 15) is 10.5 Å². The minimum Gasteiger partial charge on any atom is -0.313 e. The van der Waals surface area contributed by atoms with Gasteiger partial charge in [-0.05, 0) is 66.9 Å². The molecule has 36 heavy (non-hydrogen) atoms. The highest BCUT2D eigenvalue weighted by Gasteiger charge is 2.22. The van der Waals surface area contributed by atoms with Crippen molar-refractivity contribution in [3.8, 4) is 23.5 Å². The molecule has 0 radical (unpaired) electrons. The van der Waals surface area contributed by atoms with Crippen molar-refractivity contribution in [2.75, 3.05) is 0 Å². The lowest BCUT2D eigenvalue weighted by Gasteiger charge is -2.12. The molecule has 0 saturated heterocycles. The van der Waals surface area contributed by atoms with E-state index in [1.165, 1.54) is 32.9 Å². The van der Waals surface area contributed by atoms with Gasteiger partial charge in [0, 0.05) is 33.2 Å². The highest BCUT2D eigenvalue weighted by atomic mass is 15.0. The van der Waals surface area contributed by atoms with Gasteiger partial charge in [-0.1, -0.05) is 50.2 Å². The molecule has 0 fully saturated rings. The first-order chi connectivity index (χ1) is 17.7. The maximum Gasteiger partial charge on any atom is 0.0992 e. The van der Waals surface area contributed by atoms with E-state index >= 15 is 0 Å². The summed E-state index contributed by atoms with van der Waals surface area (Å²) in [6.07, 6.45) is 1.82. The van der Waals surface area contributed by atoms with E-state index < -0.39 is 0 Å². The monoisotopic (exact) mass is 464 g/mol. The van der Waals surface area contributed by atoms with Crippen molar-refractivity contribution >= 4 is 32.7 Å². The maximum absolute atomic E-state index is 9.60. The summed E-state index contributed by atoms with van der Waals surface area (Å²) in [7, 11) is 0. The number of nitriles is 2. The SMILES string of the molecule is CCc1c(CC)n(-c2cccc(C#N)c2)c2c1ccc1c2c2ccccc2n1-c1cccc(C#N)c1. The van der Waals surface area contributed by atoms with Crippen LogP contribution in [0.4, 0.5) is 0 Å². The van der Waals surface area contributed by atoms with Gasteiger partial charge >= 0.3 is 0 Å². The Balaban J connectivity index is 1.84. The van der Waals surface area contributed by atoms with Crippen molar-refractivity contribution in [2.24, 2.45) is 0 Å². The lowest BCUT2D eigenvalue weighted by molar-refractivity contribution is 0.928. The number of aromatic nitrogens is 2. The molecule has 0 spiro atoms. The fraction of sp³-hybridized carbons (Fsp3) is 0.125. The van der Waals surface area contributed by atoms with Gasteiger partial charge in [-0.3, -0.25) is 0 Å². The van der Waals surface area contributed by atoms with Crippen LogP contribution in [-0.4, -0.2) is 9.13 Å². The van der Waals surface area contributed by atoms with Gasteiger partial charge in [-0.2, -0.15) is 10.5 Å². The minimum atomic E-state index is 0.637. The van der Waals surface area contributed by atoms with E-state index in [0.717, 1.165) is 35.2 Å². The molecule has 0 unspecified atom stereocenters. The second-order valence-corrected chi connectivity index (χ2v) is 9.00. The van der Waals surface area contributed by atoms with E-state index in [0.29, 0.717) is 11.1 Å². The Morgan fingerprint density at radius 1 is 0.639 bits per heavy atom. The van der Waals surface area contributed by atoms with Crippen LogP contribution in [0, 0.1) is 22.7 Å². The van der Waals surface area contributed by atoms with Crippen LogP contribution in [0.5, 0.6) is 0 Å². The second-order valence-electron chi connectivity index (χ2n) is 9.00. The number of nitrogens with zero attached hydrogens (tertiary/aromatic N) is 4. The summed E-state index contributed by atoms with van der Waals surface area (Å²) in [6.45, 7) is 4.41. The highest BCUT2D eigenvalue weighted by molar-refractivity contribution is 6.21. The van der Waals surface area contributed by atoms with Crippen molar-refractivity contribution < 1.29 is 0 Å². The summed E-state index contributed by atoms with van der Waals surface area (Å²) < 4.78 is 4.62. The zero-order chi connectivity index (χ0) is 24.8. The molecule has 0 amide bonds. The number of fused-ring (bicyclic) bond motifs is 5. The highest BCUT2D eigenvalue weighted by Crippen LogP contribution is 2.41. The molecule has 4 aromatic carbocycles. The van der Waals surface area contributed by atoms with Gasteiger partial charge in [0.1, 0.15) is 0 Å². The van der Waals surface area contributed by atoms with Gasteiger partial charge in [0.2, 0.25) is 0 Å². The second kappa shape index (κ2) is 8.45. The molecule has 4 heteroatoms. The van der Waals surface area contributed by atoms with Crippen LogP contribution in [-0.2, 0) is 12.8 Å². The minimum absolute atomic E-state index is 0.637. The molecule has 0 aliphatic rings. The molecular weight excluding hydrogens is 440 g/mol. The topological polar surface area (TPSA) is 57.4 Å². The number of hydrogen-bond acceptors (Lipinski definition) is 2. The molecule has 0 saturated carbocycles. The first-order valence-corrected chi connectivity index (χ1v) is 12.3. The van der Waals surface area contributed by atoms with Crippen LogP contribution in [0.25, 0.3) is 44.1 Å². The zero-order valence-corrected chi connectivity index (χ0v) is 20.3. The standard InChI is InChI=1S/C32H24N4/c1-3-25-26-15-16-30-31(32(26)36(28(25)4-2)24-12-8-10-22(18-24)20-34)27-13-5-6-14-29(27)35(30)23-11-7-9-21(17-23)19-33/h5-18H,3-4H2,1-2H3. The molecule has 6 rings (SSSR count). The van der Waals surface area contributed by atoms with Crippen LogP contribution in [0.1, 0.15) is 36.2 Å². The summed E-state index contributed by atoms with van der Waals surface area (Å²) in [5.74, 6) is 0. The van der Waals surface area contributed by atoms with Gasteiger partial charge in [0.05, 0.1) is 39.8 Å². The van der Waals surface area contributed by atoms with Crippen molar-refractivity contribution in [1.29, 1.82) is 10.5 Å². The third-order valence-electron chi connectivity index (χ3n) is 7.13. The number of aryl methyl sites for hydroxylation is 1. The predicted molar refractivity (Wildman–Crippen MR) is 146 cm³/mol. The van der Waals surface area contributed by atoms with Crippen LogP contribution >= 0.6 is 0 Å². The fourth-order valence-corrected chi connectivity index (χ4v) is 5.70. The van der Waals surface area contributed by atoms with Crippen molar-refractivity contribution in [1.82, 2.24) is 9.13 Å². The average Bonchev–Trinajstić information content (AvgIpc) is 3.45. The van der Waals surface area contributed by atoms with Crippen molar-refractivity contribution in [3.05, 3.63) is 107 Å². The van der Waals surface area contributed by atoms with E-state index in [4.69, 9.17) is 0 Å². The number of rotatable bonds is 4. The van der Waals surface area contributed by atoms with Gasteiger partial charge in [0.25, 0.3) is 0 Å². The first kappa shape index (κ1) is 21.7. The normalized spacial score (nSPS) is 11.2. The van der Waals surface area contributed by atoms with Crippen molar-refractivity contribution in [2.45, 2.75) is 26.7 Å². The zero-order valence-electron chi connectivity index (χ0n) is 20.3. The fourth-order valence-electron chi connectivity index (χ4n) is 5.70. The molecule has 0 aliphatic carbocycles. The molecule has 2 heterocycles. The summed E-state index contributed by atoms with van der Waals surface area (Å²) >= 11 is 0. The molecule has 6 aromatic rings. The molecule has 0 atom stereocenters. The molecule has 4 nitrogen and oxygen atoms in total. The largest absolute Gasteiger partial charge is 0.313 e. The first-order valence-electron chi connectivity index (χ1n) is 12.3. The van der Waals surface area contributed by atoms with E-state index in [-0.39, 0.29) is 0 Å². The van der Waals surface area contributed by atoms with Crippen LogP contribution in [0.3, 0.4) is 0 Å². The van der Waals surface area contributed by atoms with Gasteiger partial charge in [-0.25, -0.2) is 0 Å². The number of hydrogen-bond donors (Lipinski definition) is 0. The van der Waals surface area contributed by atoms with Gasteiger partial charge < -0.3 is 9.13 Å². The molecular formula is C32H24N4. The predicted octanol–water partition coefficient (Wildman–Crippen LogP) is 7.60.